The number of ether oxygens (including phenoxy) is 1. The van der Waals surface area contributed by atoms with E-state index in [2.05, 4.69) is 5.32 Å². The van der Waals surface area contributed by atoms with Gasteiger partial charge in [-0.3, -0.25) is 4.79 Å². The van der Waals surface area contributed by atoms with Crippen molar-refractivity contribution < 1.29 is 9.53 Å². The first-order chi connectivity index (χ1) is 6.43. The first-order valence-corrected chi connectivity index (χ1v) is 4.21. The number of para-hydroxylation sites is 1. The van der Waals surface area contributed by atoms with Gasteiger partial charge in [-0.25, -0.2) is 0 Å². The quantitative estimate of drug-likeness (QED) is 0.523. The zero-order valence-corrected chi connectivity index (χ0v) is 7.32. The Hall–Kier alpha value is -1.51. The van der Waals surface area contributed by atoms with Gasteiger partial charge in [-0.1, -0.05) is 18.2 Å². The van der Waals surface area contributed by atoms with E-state index < -0.39 is 0 Å². The summed E-state index contributed by atoms with van der Waals surface area (Å²) in [6.45, 7) is 1.22. The molecule has 1 amide bonds. The van der Waals surface area contributed by atoms with Crippen molar-refractivity contribution in [1.29, 1.82) is 0 Å². The van der Waals surface area contributed by atoms with Crippen LogP contribution in [-0.4, -0.2) is 19.6 Å². The number of benzene rings is 1. The summed E-state index contributed by atoms with van der Waals surface area (Å²) in [5.41, 5.74) is 0. The molecule has 0 atom stereocenters. The molecule has 0 aliphatic rings. The topological polar surface area (TPSA) is 38.3 Å². The number of carbonyl (C=O) groups excluding carboxylic acids is 1. The monoisotopic (exact) mass is 178 g/mol. The Balaban J connectivity index is 2.10. The molecule has 0 heterocycles. The second-order valence-corrected chi connectivity index (χ2v) is 2.54. The normalized spacial score (nSPS) is 9.23. The summed E-state index contributed by atoms with van der Waals surface area (Å²) in [4.78, 5) is 9.76. The van der Waals surface area contributed by atoms with Crippen LogP contribution < -0.4 is 10.1 Å². The fourth-order valence-corrected chi connectivity index (χ4v) is 0.918. The van der Waals surface area contributed by atoms with Crippen LogP contribution in [0.15, 0.2) is 30.3 Å². The van der Waals surface area contributed by atoms with E-state index in [1.807, 2.05) is 30.3 Å². The Morgan fingerprint density at radius 2 is 2.08 bits per heavy atom. The molecule has 0 saturated carbocycles. The Morgan fingerprint density at radius 3 is 2.77 bits per heavy atom. The maximum Gasteiger partial charge on any atom is 0.309 e. The summed E-state index contributed by atoms with van der Waals surface area (Å²) in [6, 6.07) is 9.59. The Bertz CT molecular complexity index is 236. The molecule has 0 spiro atoms. The summed E-state index contributed by atoms with van der Waals surface area (Å²) < 4.78 is 5.38. The predicted octanol–water partition coefficient (Wildman–Crippen LogP) is 1.11. The van der Waals surface area contributed by atoms with Gasteiger partial charge >= 0.3 is 6.41 Å². The molecule has 0 saturated heterocycles. The molecule has 3 heteroatoms. The highest BCUT2D eigenvalue weighted by molar-refractivity contribution is 5.46. The van der Waals surface area contributed by atoms with E-state index >= 15 is 0 Å². The molecule has 0 bridgehead atoms. The molecule has 0 unspecified atom stereocenters. The number of rotatable bonds is 6. The molecule has 1 aromatic rings. The van der Waals surface area contributed by atoms with Gasteiger partial charge in [0.15, 0.2) is 0 Å². The number of hydrogen-bond donors (Lipinski definition) is 1. The molecular formula is C10H12NO2. The minimum Gasteiger partial charge on any atom is -0.494 e. The summed E-state index contributed by atoms with van der Waals surface area (Å²) >= 11 is 0. The van der Waals surface area contributed by atoms with E-state index in [1.54, 1.807) is 6.41 Å². The van der Waals surface area contributed by atoms with Crippen LogP contribution >= 0.6 is 0 Å². The van der Waals surface area contributed by atoms with Gasteiger partial charge in [-0.15, -0.1) is 0 Å². The smallest absolute Gasteiger partial charge is 0.309 e. The first kappa shape index (κ1) is 9.58. The third-order valence-corrected chi connectivity index (χ3v) is 1.53. The number of nitrogens with one attached hydrogen (secondary N) is 1. The van der Waals surface area contributed by atoms with Crippen molar-refractivity contribution in [2.75, 3.05) is 13.2 Å². The Morgan fingerprint density at radius 1 is 1.31 bits per heavy atom. The van der Waals surface area contributed by atoms with Gasteiger partial charge in [0.1, 0.15) is 5.75 Å². The highest BCUT2D eigenvalue weighted by Gasteiger charge is 1.90. The van der Waals surface area contributed by atoms with Crippen molar-refractivity contribution >= 4 is 6.41 Å². The molecule has 0 aliphatic carbocycles. The van der Waals surface area contributed by atoms with Gasteiger partial charge in [-0.2, -0.15) is 0 Å². The van der Waals surface area contributed by atoms with Gasteiger partial charge in [0.2, 0.25) is 0 Å². The van der Waals surface area contributed by atoms with Gasteiger partial charge < -0.3 is 10.1 Å². The largest absolute Gasteiger partial charge is 0.494 e. The molecule has 1 rings (SSSR count). The fourth-order valence-electron chi connectivity index (χ4n) is 0.918. The average molecular weight is 178 g/mol. The number of amides is 1. The molecule has 0 fully saturated rings. The molecule has 0 aromatic heterocycles. The second-order valence-electron chi connectivity index (χ2n) is 2.54. The van der Waals surface area contributed by atoms with E-state index in [4.69, 9.17) is 4.74 Å². The standard InChI is InChI=1S/C10H12NO2/c12-9-11-7-4-8-13-10-5-2-1-3-6-10/h1-3,5-6H,4,7-8H2,(H,11,12). The lowest BCUT2D eigenvalue weighted by Crippen LogP contribution is -2.14. The molecule has 0 aliphatic heterocycles. The molecule has 69 valence electrons. The van der Waals surface area contributed by atoms with Crippen molar-refractivity contribution in [2.24, 2.45) is 0 Å². The maximum atomic E-state index is 9.76. The third kappa shape index (κ3) is 4.15. The zero-order valence-electron chi connectivity index (χ0n) is 7.32. The van der Waals surface area contributed by atoms with E-state index in [9.17, 15) is 4.79 Å². The predicted molar refractivity (Wildman–Crippen MR) is 50.3 cm³/mol. The van der Waals surface area contributed by atoms with Crippen LogP contribution in [0.4, 0.5) is 0 Å². The average Bonchev–Trinajstić information content (AvgIpc) is 2.19. The Kier molecular flexibility index (Phi) is 4.46. The Labute approximate surface area is 77.7 Å². The molecule has 1 radical (unpaired) electrons. The third-order valence-electron chi connectivity index (χ3n) is 1.53. The van der Waals surface area contributed by atoms with Gasteiger partial charge in [0.05, 0.1) is 6.61 Å². The first-order valence-electron chi connectivity index (χ1n) is 4.21. The highest BCUT2D eigenvalue weighted by atomic mass is 16.5. The minimum atomic E-state index is 0.607. The summed E-state index contributed by atoms with van der Waals surface area (Å²) in [5, 5.41) is 2.45. The van der Waals surface area contributed by atoms with Crippen molar-refractivity contribution in [3.8, 4) is 5.75 Å². The zero-order chi connectivity index (χ0) is 9.36. The summed E-state index contributed by atoms with van der Waals surface area (Å²) in [6.07, 6.45) is 2.41. The molecule has 1 aromatic carbocycles. The van der Waals surface area contributed by atoms with Crippen LogP contribution in [0.5, 0.6) is 5.75 Å². The van der Waals surface area contributed by atoms with Crippen molar-refractivity contribution in [3.63, 3.8) is 0 Å². The molecule has 1 N–H and O–H groups in total. The molecule has 3 nitrogen and oxygen atoms in total. The van der Waals surface area contributed by atoms with Crippen molar-refractivity contribution in [3.05, 3.63) is 30.3 Å². The summed E-state index contributed by atoms with van der Waals surface area (Å²) in [5.74, 6) is 0.859. The lowest BCUT2D eigenvalue weighted by atomic mass is 10.3. The van der Waals surface area contributed by atoms with E-state index in [0.717, 1.165) is 12.2 Å². The van der Waals surface area contributed by atoms with Crippen LogP contribution in [0.2, 0.25) is 0 Å². The van der Waals surface area contributed by atoms with Crippen LogP contribution in [0.25, 0.3) is 0 Å². The lowest BCUT2D eigenvalue weighted by Gasteiger charge is -2.04. The van der Waals surface area contributed by atoms with Crippen molar-refractivity contribution in [1.82, 2.24) is 5.32 Å². The lowest BCUT2D eigenvalue weighted by molar-refractivity contribution is 0.311. The number of hydrogen-bond acceptors (Lipinski definition) is 2. The molecule has 13 heavy (non-hydrogen) atoms. The van der Waals surface area contributed by atoms with Gasteiger partial charge in [0.25, 0.3) is 0 Å². The van der Waals surface area contributed by atoms with E-state index in [1.165, 1.54) is 0 Å². The minimum absolute atomic E-state index is 0.607. The van der Waals surface area contributed by atoms with Crippen LogP contribution in [0.3, 0.4) is 0 Å². The van der Waals surface area contributed by atoms with Crippen LogP contribution in [-0.2, 0) is 4.79 Å². The second kappa shape index (κ2) is 6.06. The maximum absolute atomic E-state index is 9.76. The van der Waals surface area contributed by atoms with Crippen LogP contribution in [0.1, 0.15) is 6.42 Å². The van der Waals surface area contributed by atoms with E-state index in [-0.39, 0.29) is 0 Å². The van der Waals surface area contributed by atoms with Gasteiger partial charge in [-0.05, 0) is 18.6 Å². The van der Waals surface area contributed by atoms with Gasteiger partial charge in [0, 0.05) is 6.54 Å². The molecular weight excluding hydrogens is 166 g/mol. The SMILES string of the molecule is O=[C]NCCCOc1ccccc1. The highest BCUT2D eigenvalue weighted by Crippen LogP contribution is 2.07. The summed E-state index contributed by atoms with van der Waals surface area (Å²) in [7, 11) is 0. The fraction of sp³-hybridized carbons (Fsp3) is 0.300. The van der Waals surface area contributed by atoms with E-state index in [0.29, 0.717) is 13.2 Å². The van der Waals surface area contributed by atoms with Crippen LogP contribution in [0, 0.1) is 0 Å². The van der Waals surface area contributed by atoms with Crippen molar-refractivity contribution in [2.45, 2.75) is 6.42 Å².